The van der Waals surface area contributed by atoms with E-state index in [9.17, 15) is 4.79 Å². The molecule has 7 heteroatoms. The van der Waals surface area contributed by atoms with Gasteiger partial charge in [0.2, 0.25) is 11.9 Å². The van der Waals surface area contributed by atoms with Crippen molar-refractivity contribution in [1.82, 2.24) is 20.3 Å². The van der Waals surface area contributed by atoms with Gasteiger partial charge in [-0.15, -0.1) is 6.58 Å². The zero-order chi connectivity index (χ0) is 21.6. The first-order chi connectivity index (χ1) is 15.2. The molecule has 0 saturated carbocycles. The first-order valence-corrected chi connectivity index (χ1v) is 10.7. The van der Waals surface area contributed by atoms with Crippen molar-refractivity contribution in [3.05, 3.63) is 66.5 Å². The second-order valence-corrected chi connectivity index (χ2v) is 7.84. The van der Waals surface area contributed by atoms with Crippen LogP contribution in [-0.4, -0.2) is 40.5 Å². The van der Waals surface area contributed by atoms with Gasteiger partial charge in [-0.3, -0.25) is 4.79 Å². The van der Waals surface area contributed by atoms with Gasteiger partial charge in [-0.25, -0.2) is 15.0 Å². The number of benzene rings is 1. The van der Waals surface area contributed by atoms with Crippen LogP contribution < -0.4 is 15.5 Å². The zero-order valence-electron chi connectivity index (χ0n) is 17.8. The van der Waals surface area contributed by atoms with Gasteiger partial charge in [0.1, 0.15) is 5.82 Å². The lowest BCUT2D eigenvalue weighted by molar-refractivity contribution is -0.125. The second-order valence-electron chi connectivity index (χ2n) is 7.84. The van der Waals surface area contributed by atoms with E-state index in [0.29, 0.717) is 19.0 Å². The van der Waals surface area contributed by atoms with Crippen LogP contribution in [0.1, 0.15) is 24.0 Å². The summed E-state index contributed by atoms with van der Waals surface area (Å²) in [5.41, 5.74) is 3.32. The van der Waals surface area contributed by atoms with E-state index in [1.807, 2.05) is 24.4 Å². The molecule has 1 aliphatic heterocycles. The van der Waals surface area contributed by atoms with Crippen LogP contribution in [0, 0.1) is 12.8 Å². The maximum absolute atomic E-state index is 12.2. The average Bonchev–Trinajstić information content (AvgIpc) is 2.81. The van der Waals surface area contributed by atoms with E-state index in [0.717, 1.165) is 42.7 Å². The molecule has 1 fully saturated rings. The Hall–Kier alpha value is -3.48. The third-order valence-corrected chi connectivity index (χ3v) is 5.77. The molecule has 0 atom stereocenters. The number of hydrogen-bond donors (Lipinski definition) is 2. The van der Waals surface area contributed by atoms with Crippen molar-refractivity contribution in [2.75, 3.05) is 29.9 Å². The van der Waals surface area contributed by atoms with Crippen molar-refractivity contribution >= 4 is 28.6 Å². The molecule has 1 amide bonds. The molecular formula is C24H28N6O. The van der Waals surface area contributed by atoms with Crippen molar-refractivity contribution in [3.8, 4) is 0 Å². The molecule has 1 aliphatic rings. The molecule has 0 radical (unpaired) electrons. The molecule has 0 aliphatic carbocycles. The lowest BCUT2D eigenvalue weighted by atomic mass is 9.95. The molecule has 31 heavy (non-hydrogen) atoms. The second kappa shape index (κ2) is 9.55. The topological polar surface area (TPSA) is 83.0 Å². The number of carbonyl (C=O) groups excluding carboxylic acids is 1. The number of aromatic nitrogens is 3. The SMILES string of the molecule is C=CCNC(=O)C1CCN(c2nccc3nc(NCc4ccccc4C)ncc23)CC1. The van der Waals surface area contributed by atoms with Crippen LogP contribution in [0.15, 0.2) is 55.4 Å². The normalized spacial score (nSPS) is 14.4. The summed E-state index contributed by atoms with van der Waals surface area (Å²) in [5.74, 6) is 1.64. The largest absolute Gasteiger partial charge is 0.356 e. The number of pyridine rings is 1. The van der Waals surface area contributed by atoms with E-state index in [2.05, 4.69) is 56.1 Å². The molecule has 1 saturated heterocycles. The highest BCUT2D eigenvalue weighted by atomic mass is 16.1. The highest BCUT2D eigenvalue weighted by Gasteiger charge is 2.26. The van der Waals surface area contributed by atoms with Crippen molar-refractivity contribution in [1.29, 1.82) is 0 Å². The van der Waals surface area contributed by atoms with E-state index < -0.39 is 0 Å². The van der Waals surface area contributed by atoms with Crippen molar-refractivity contribution < 1.29 is 4.79 Å². The minimum absolute atomic E-state index is 0.0414. The van der Waals surface area contributed by atoms with Crippen LogP contribution in [0.4, 0.5) is 11.8 Å². The fourth-order valence-electron chi connectivity index (χ4n) is 3.93. The Labute approximate surface area is 182 Å². The zero-order valence-corrected chi connectivity index (χ0v) is 17.8. The quantitative estimate of drug-likeness (QED) is 0.574. The van der Waals surface area contributed by atoms with Crippen molar-refractivity contribution in [2.45, 2.75) is 26.3 Å². The molecule has 2 N–H and O–H groups in total. The number of hydrogen-bond acceptors (Lipinski definition) is 6. The van der Waals surface area contributed by atoms with E-state index in [1.165, 1.54) is 11.1 Å². The molecule has 4 rings (SSSR count). The minimum Gasteiger partial charge on any atom is -0.356 e. The van der Waals surface area contributed by atoms with Gasteiger partial charge in [-0.1, -0.05) is 30.3 Å². The number of fused-ring (bicyclic) bond motifs is 1. The highest BCUT2D eigenvalue weighted by molar-refractivity contribution is 5.89. The van der Waals surface area contributed by atoms with Gasteiger partial charge in [0.25, 0.3) is 0 Å². The maximum Gasteiger partial charge on any atom is 0.223 e. The predicted octanol–water partition coefficient (Wildman–Crippen LogP) is 3.46. The first-order valence-electron chi connectivity index (χ1n) is 10.7. The van der Waals surface area contributed by atoms with Gasteiger partial charge in [0, 0.05) is 44.5 Å². The molecule has 0 bridgehead atoms. The smallest absolute Gasteiger partial charge is 0.223 e. The summed E-state index contributed by atoms with van der Waals surface area (Å²) >= 11 is 0. The van der Waals surface area contributed by atoms with Crippen LogP contribution in [-0.2, 0) is 11.3 Å². The Morgan fingerprint density at radius 1 is 1.23 bits per heavy atom. The molecular weight excluding hydrogens is 388 g/mol. The summed E-state index contributed by atoms with van der Waals surface area (Å²) in [7, 11) is 0. The number of rotatable bonds is 7. The van der Waals surface area contributed by atoms with Crippen LogP contribution in [0.25, 0.3) is 10.9 Å². The number of nitrogens with one attached hydrogen (secondary N) is 2. The molecule has 1 aromatic carbocycles. The van der Waals surface area contributed by atoms with E-state index in [1.54, 1.807) is 12.3 Å². The lowest BCUT2D eigenvalue weighted by Crippen LogP contribution is -2.41. The fourth-order valence-corrected chi connectivity index (χ4v) is 3.93. The Morgan fingerprint density at radius 2 is 2.03 bits per heavy atom. The van der Waals surface area contributed by atoms with Crippen LogP contribution >= 0.6 is 0 Å². The molecule has 2 aromatic heterocycles. The van der Waals surface area contributed by atoms with Crippen LogP contribution in [0.2, 0.25) is 0 Å². The van der Waals surface area contributed by atoms with E-state index >= 15 is 0 Å². The molecule has 7 nitrogen and oxygen atoms in total. The molecule has 3 aromatic rings. The molecule has 0 unspecified atom stereocenters. The highest BCUT2D eigenvalue weighted by Crippen LogP contribution is 2.28. The van der Waals surface area contributed by atoms with Crippen molar-refractivity contribution in [2.24, 2.45) is 5.92 Å². The van der Waals surface area contributed by atoms with Crippen molar-refractivity contribution in [3.63, 3.8) is 0 Å². The minimum atomic E-state index is 0.0414. The van der Waals surface area contributed by atoms with E-state index in [4.69, 9.17) is 0 Å². The van der Waals surface area contributed by atoms with Crippen LogP contribution in [0.5, 0.6) is 0 Å². The monoisotopic (exact) mass is 416 g/mol. The number of carbonyl (C=O) groups is 1. The molecule has 3 heterocycles. The van der Waals surface area contributed by atoms with Gasteiger partial charge in [0.05, 0.1) is 10.9 Å². The third-order valence-electron chi connectivity index (χ3n) is 5.77. The molecule has 160 valence electrons. The summed E-state index contributed by atoms with van der Waals surface area (Å²) in [5, 5.41) is 7.15. The van der Waals surface area contributed by atoms with Gasteiger partial charge in [0.15, 0.2) is 0 Å². The molecule has 0 spiro atoms. The predicted molar refractivity (Wildman–Crippen MR) is 124 cm³/mol. The Morgan fingerprint density at radius 3 is 2.81 bits per heavy atom. The third kappa shape index (κ3) is 4.82. The van der Waals surface area contributed by atoms with Gasteiger partial charge in [-0.2, -0.15) is 0 Å². The Bertz CT molecular complexity index is 1070. The Kier molecular flexibility index (Phi) is 6.40. The summed E-state index contributed by atoms with van der Waals surface area (Å²) in [6, 6.07) is 10.2. The standard InChI is InChI=1S/C24H28N6O/c1-3-11-26-23(31)18-9-13-30(14-10-18)22-20-16-28-24(29-21(20)8-12-25-22)27-15-19-7-5-4-6-17(19)2/h3-8,12,16,18H,1,9-11,13-15H2,2H3,(H,26,31)(H,27,28,29). The van der Waals surface area contributed by atoms with Gasteiger partial charge < -0.3 is 15.5 Å². The average molecular weight is 417 g/mol. The number of anilines is 2. The number of piperidine rings is 1. The fraction of sp³-hybridized carbons (Fsp3) is 0.333. The Balaban J connectivity index is 1.44. The number of aryl methyl sites for hydroxylation is 1. The number of amides is 1. The van der Waals surface area contributed by atoms with E-state index in [-0.39, 0.29) is 11.8 Å². The summed E-state index contributed by atoms with van der Waals surface area (Å²) in [6.07, 6.45) is 6.94. The summed E-state index contributed by atoms with van der Waals surface area (Å²) in [4.78, 5) is 28.2. The van der Waals surface area contributed by atoms with Gasteiger partial charge >= 0.3 is 0 Å². The maximum atomic E-state index is 12.2. The first kappa shape index (κ1) is 20.8. The van der Waals surface area contributed by atoms with Gasteiger partial charge in [-0.05, 0) is 37.0 Å². The summed E-state index contributed by atoms with van der Waals surface area (Å²) < 4.78 is 0. The summed E-state index contributed by atoms with van der Waals surface area (Å²) in [6.45, 7) is 8.51. The lowest BCUT2D eigenvalue weighted by Gasteiger charge is -2.32. The van der Waals surface area contributed by atoms with Crippen LogP contribution in [0.3, 0.4) is 0 Å². The number of nitrogens with zero attached hydrogens (tertiary/aromatic N) is 4.